The number of benzene rings is 1. The highest BCUT2D eigenvalue weighted by molar-refractivity contribution is 5.40. The van der Waals surface area contributed by atoms with Gasteiger partial charge < -0.3 is 10.5 Å². The van der Waals surface area contributed by atoms with Crippen LogP contribution in [0, 0.1) is 0 Å². The number of hydrogen-bond donors (Lipinski definition) is 1. The van der Waals surface area contributed by atoms with E-state index in [1.54, 1.807) is 19.5 Å². The van der Waals surface area contributed by atoms with E-state index in [0.29, 0.717) is 0 Å². The zero-order valence-electron chi connectivity index (χ0n) is 12.6. The number of rotatable bonds is 3. The normalized spacial score (nSPS) is 13.1. The lowest BCUT2D eigenvalue weighted by Gasteiger charge is -2.21. The van der Waals surface area contributed by atoms with Gasteiger partial charge in [-0.05, 0) is 22.6 Å². The topological polar surface area (TPSA) is 48.1 Å². The Morgan fingerprint density at radius 3 is 2.30 bits per heavy atom. The molecule has 2 aromatic rings. The highest BCUT2D eigenvalue weighted by Crippen LogP contribution is 2.29. The fraction of sp³-hybridized carbons (Fsp3) is 0.353. The van der Waals surface area contributed by atoms with Crippen molar-refractivity contribution < 1.29 is 4.74 Å². The van der Waals surface area contributed by atoms with Crippen molar-refractivity contribution in [2.24, 2.45) is 5.73 Å². The molecule has 0 aliphatic heterocycles. The summed E-state index contributed by atoms with van der Waals surface area (Å²) < 4.78 is 5.32. The highest BCUT2D eigenvalue weighted by Gasteiger charge is 2.16. The molecule has 20 heavy (non-hydrogen) atoms. The average Bonchev–Trinajstić information content (AvgIpc) is 2.45. The monoisotopic (exact) mass is 270 g/mol. The second kappa shape index (κ2) is 5.63. The van der Waals surface area contributed by atoms with Crippen LogP contribution in [0.4, 0.5) is 0 Å². The second-order valence-electron chi connectivity index (χ2n) is 5.97. The summed E-state index contributed by atoms with van der Waals surface area (Å²) in [6, 6.07) is 10.2. The number of hydrogen-bond acceptors (Lipinski definition) is 3. The maximum Gasteiger partial charge on any atom is 0.142 e. The molecule has 0 saturated carbocycles. The number of ether oxygens (including phenoxy) is 1. The van der Waals surface area contributed by atoms with Crippen LogP contribution in [0.5, 0.6) is 5.75 Å². The van der Waals surface area contributed by atoms with E-state index in [1.165, 1.54) is 5.56 Å². The van der Waals surface area contributed by atoms with Gasteiger partial charge >= 0.3 is 0 Å². The van der Waals surface area contributed by atoms with Crippen LogP contribution in [0.1, 0.15) is 43.5 Å². The Balaban J connectivity index is 2.32. The number of aromatic nitrogens is 1. The zero-order chi connectivity index (χ0) is 14.8. The van der Waals surface area contributed by atoms with Crippen molar-refractivity contribution in [2.75, 3.05) is 7.11 Å². The second-order valence-corrected chi connectivity index (χ2v) is 5.97. The van der Waals surface area contributed by atoms with Crippen molar-refractivity contribution in [3.8, 4) is 5.75 Å². The molecule has 3 nitrogen and oxygen atoms in total. The molecule has 0 amide bonds. The first-order valence-corrected chi connectivity index (χ1v) is 6.77. The summed E-state index contributed by atoms with van der Waals surface area (Å²) in [5, 5.41) is 0. The van der Waals surface area contributed by atoms with E-state index in [-0.39, 0.29) is 11.5 Å². The SMILES string of the molecule is COc1cnccc1C(N)c1ccc(C(C)(C)C)cc1. The van der Waals surface area contributed by atoms with Gasteiger partial charge in [0.25, 0.3) is 0 Å². The molecule has 0 saturated heterocycles. The smallest absolute Gasteiger partial charge is 0.142 e. The Morgan fingerprint density at radius 2 is 1.75 bits per heavy atom. The molecule has 3 heteroatoms. The van der Waals surface area contributed by atoms with Gasteiger partial charge in [-0.2, -0.15) is 0 Å². The predicted molar refractivity (Wildman–Crippen MR) is 82.0 cm³/mol. The first-order chi connectivity index (χ1) is 9.43. The summed E-state index contributed by atoms with van der Waals surface area (Å²) in [5.41, 5.74) is 9.82. The van der Waals surface area contributed by atoms with Crippen LogP contribution in [-0.2, 0) is 5.41 Å². The van der Waals surface area contributed by atoms with Crippen molar-refractivity contribution >= 4 is 0 Å². The van der Waals surface area contributed by atoms with Gasteiger partial charge in [0, 0.05) is 11.8 Å². The highest BCUT2D eigenvalue weighted by atomic mass is 16.5. The number of nitrogens with two attached hydrogens (primary N) is 1. The van der Waals surface area contributed by atoms with Gasteiger partial charge in [-0.25, -0.2) is 0 Å². The van der Waals surface area contributed by atoms with Crippen LogP contribution in [-0.4, -0.2) is 12.1 Å². The standard InChI is InChI=1S/C17H22N2O/c1-17(2,3)13-7-5-12(6-8-13)16(18)14-9-10-19-11-15(14)20-4/h5-11,16H,18H2,1-4H3. The molecule has 1 aromatic heterocycles. The third-order valence-electron chi connectivity index (χ3n) is 3.51. The van der Waals surface area contributed by atoms with Gasteiger partial charge in [0.05, 0.1) is 19.3 Å². The van der Waals surface area contributed by atoms with Gasteiger partial charge in [-0.15, -0.1) is 0 Å². The molecule has 1 aromatic carbocycles. The maximum absolute atomic E-state index is 6.34. The molecular formula is C17H22N2O. The van der Waals surface area contributed by atoms with E-state index in [2.05, 4.69) is 50.0 Å². The lowest BCUT2D eigenvalue weighted by molar-refractivity contribution is 0.406. The summed E-state index contributed by atoms with van der Waals surface area (Å²) in [5.74, 6) is 0.722. The Kier molecular flexibility index (Phi) is 4.09. The molecule has 1 unspecified atom stereocenters. The summed E-state index contributed by atoms with van der Waals surface area (Å²) in [6.07, 6.45) is 3.43. The van der Waals surface area contributed by atoms with Crippen LogP contribution in [0.15, 0.2) is 42.7 Å². The van der Waals surface area contributed by atoms with Gasteiger partial charge in [0.1, 0.15) is 5.75 Å². The third-order valence-corrected chi connectivity index (χ3v) is 3.51. The summed E-state index contributed by atoms with van der Waals surface area (Å²) >= 11 is 0. The fourth-order valence-corrected chi connectivity index (χ4v) is 2.19. The van der Waals surface area contributed by atoms with Crippen LogP contribution in [0.2, 0.25) is 0 Å². The molecule has 0 fully saturated rings. The molecule has 2 rings (SSSR count). The van der Waals surface area contributed by atoms with Crippen LogP contribution < -0.4 is 10.5 Å². The Hall–Kier alpha value is -1.87. The molecule has 1 atom stereocenters. The Morgan fingerprint density at radius 1 is 1.10 bits per heavy atom. The first-order valence-electron chi connectivity index (χ1n) is 6.77. The molecule has 0 bridgehead atoms. The maximum atomic E-state index is 6.34. The lowest BCUT2D eigenvalue weighted by atomic mass is 9.86. The minimum Gasteiger partial charge on any atom is -0.495 e. The summed E-state index contributed by atoms with van der Waals surface area (Å²) in [7, 11) is 1.63. The van der Waals surface area contributed by atoms with E-state index >= 15 is 0 Å². The summed E-state index contributed by atoms with van der Waals surface area (Å²) in [6.45, 7) is 6.61. The molecule has 0 spiro atoms. The van der Waals surface area contributed by atoms with E-state index in [9.17, 15) is 0 Å². The van der Waals surface area contributed by atoms with E-state index in [1.807, 2.05) is 6.07 Å². The largest absolute Gasteiger partial charge is 0.495 e. The summed E-state index contributed by atoms with van der Waals surface area (Å²) in [4.78, 5) is 4.06. The molecule has 106 valence electrons. The fourth-order valence-electron chi connectivity index (χ4n) is 2.19. The molecule has 0 radical (unpaired) electrons. The Bertz CT molecular complexity index is 570. The minimum atomic E-state index is -0.207. The van der Waals surface area contributed by atoms with Gasteiger partial charge in [0.15, 0.2) is 0 Å². The van der Waals surface area contributed by atoms with E-state index in [0.717, 1.165) is 16.9 Å². The van der Waals surface area contributed by atoms with Crippen molar-refractivity contribution in [1.82, 2.24) is 4.98 Å². The van der Waals surface area contributed by atoms with Gasteiger partial charge in [-0.3, -0.25) is 4.98 Å². The molecular weight excluding hydrogens is 248 g/mol. The van der Waals surface area contributed by atoms with Crippen molar-refractivity contribution in [3.05, 3.63) is 59.4 Å². The third kappa shape index (κ3) is 2.99. The first kappa shape index (κ1) is 14.5. The molecule has 2 N–H and O–H groups in total. The molecule has 0 aliphatic rings. The zero-order valence-corrected chi connectivity index (χ0v) is 12.6. The number of methoxy groups -OCH3 is 1. The quantitative estimate of drug-likeness (QED) is 0.929. The average molecular weight is 270 g/mol. The molecule has 0 aliphatic carbocycles. The number of pyridine rings is 1. The predicted octanol–water partition coefficient (Wildman–Crippen LogP) is 3.44. The minimum absolute atomic E-state index is 0.150. The van der Waals surface area contributed by atoms with Crippen LogP contribution in [0.3, 0.4) is 0 Å². The van der Waals surface area contributed by atoms with Crippen molar-refractivity contribution in [3.63, 3.8) is 0 Å². The Labute approximate surface area is 120 Å². The van der Waals surface area contributed by atoms with Gasteiger partial charge in [0.2, 0.25) is 0 Å². The van der Waals surface area contributed by atoms with E-state index in [4.69, 9.17) is 10.5 Å². The van der Waals surface area contributed by atoms with Crippen LogP contribution >= 0.6 is 0 Å². The number of nitrogens with zero attached hydrogens (tertiary/aromatic N) is 1. The van der Waals surface area contributed by atoms with Crippen LogP contribution in [0.25, 0.3) is 0 Å². The van der Waals surface area contributed by atoms with E-state index < -0.39 is 0 Å². The van der Waals surface area contributed by atoms with Crippen molar-refractivity contribution in [1.29, 1.82) is 0 Å². The lowest BCUT2D eigenvalue weighted by Crippen LogP contribution is -2.15. The van der Waals surface area contributed by atoms with Gasteiger partial charge in [-0.1, -0.05) is 45.0 Å². The molecule has 1 heterocycles. The van der Waals surface area contributed by atoms with Crippen molar-refractivity contribution in [2.45, 2.75) is 32.2 Å².